The molecule has 0 fully saturated rings. The summed E-state index contributed by atoms with van der Waals surface area (Å²) in [7, 11) is 0. The molecule has 0 atom stereocenters. The molecule has 0 amide bonds. The number of nitrogen functional groups attached to an aromatic ring is 1. The van der Waals surface area contributed by atoms with Crippen molar-refractivity contribution in [1.29, 1.82) is 10.5 Å². The summed E-state index contributed by atoms with van der Waals surface area (Å²) in [5.41, 5.74) is 7.74. The molecule has 0 aliphatic rings. The van der Waals surface area contributed by atoms with Gasteiger partial charge in [0.1, 0.15) is 28.3 Å². The molecule has 2 aromatic rings. The zero-order valence-corrected chi connectivity index (χ0v) is 14.2. The quantitative estimate of drug-likeness (QED) is 0.632. The lowest BCUT2D eigenvalue weighted by Gasteiger charge is -2.12. The fourth-order valence-electron chi connectivity index (χ4n) is 2.07. The number of aromatic nitrogens is 1. The average Bonchev–Trinajstić information content (AvgIpc) is 2.55. The first kappa shape index (κ1) is 17.1. The number of thioether (sulfide) groups is 1. The van der Waals surface area contributed by atoms with Gasteiger partial charge in [0.25, 0.3) is 0 Å². The minimum absolute atomic E-state index is 0.166. The standard InChI is InChI=1S/C17H15ClN4S/c1-2-3-8-23-17-13(10-20)15(21)12(9-19)16(22-17)11-6-4-5-7-14(11)18/h4-7H,2-3,8H2,1H3,(H2,21,22). The predicted octanol–water partition coefficient (Wildman–Crippen LogP) is 4.62. The number of hydrogen-bond donors (Lipinski definition) is 1. The van der Waals surface area contributed by atoms with Crippen LogP contribution >= 0.6 is 23.4 Å². The summed E-state index contributed by atoms with van der Waals surface area (Å²) >= 11 is 7.71. The van der Waals surface area contributed by atoms with Crippen LogP contribution in [-0.4, -0.2) is 10.7 Å². The molecule has 2 rings (SSSR count). The van der Waals surface area contributed by atoms with Crippen molar-refractivity contribution in [1.82, 2.24) is 4.98 Å². The van der Waals surface area contributed by atoms with Crippen LogP contribution in [-0.2, 0) is 0 Å². The summed E-state index contributed by atoms with van der Waals surface area (Å²) in [6.07, 6.45) is 2.07. The lowest BCUT2D eigenvalue weighted by molar-refractivity contribution is 0.894. The Morgan fingerprint density at radius 2 is 1.91 bits per heavy atom. The first-order chi connectivity index (χ1) is 11.1. The van der Waals surface area contributed by atoms with Gasteiger partial charge in [-0.25, -0.2) is 4.98 Å². The number of hydrogen-bond acceptors (Lipinski definition) is 5. The third-order valence-corrected chi connectivity index (χ3v) is 4.68. The van der Waals surface area contributed by atoms with Crippen molar-refractivity contribution in [3.8, 4) is 23.4 Å². The normalized spacial score (nSPS) is 10.1. The van der Waals surface area contributed by atoms with Crippen LogP contribution in [0.3, 0.4) is 0 Å². The average molecular weight is 343 g/mol. The second kappa shape index (κ2) is 7.87. The molecule has 0 unspecified atom stereocenters. The van der Waals surface area contributed by atoms with Crippen molar-refractivity contribution in [3.05, 3.63) is 40.4 Å². The Bertz CT molecular complexity index is 805. The van der Waals surface area contributed by atoms with Crippen molar-refractivity contribution < 1.29 is 0 Å². The van der Waals surface area contributed by atoms with Crippen LogP contribution < -0.4 is 5.73 Å². The molecule has 4 nitrogen and oxygen atoms in total. The minimum atomic E-state index is 0.166. The second-order valence-electron chi connectivity index (χ2n) is 4.83. The molecular formula is C17H15ClN4S. The van der Waals surface area contributed by atoms with Crippen LogP contribution in [0.2, 0.25) is 5.02 Å². The maximum absolute atomic E-state index is 9.45. The topological polar surface area (TPSA) is 86.5 Å². The van der Waals surface area contributed by atoms with Crippen LogP contribution in [0.15, 0.2) is 29.3 Å². The monoisotopic (exact) mass is 342 g/mol. The van der Waals surface area contributed by atoms with Gasteiger partial charge in [0, 0.05) is 5.56 Å². The summed E-state index contributed by atoms with van der Waals surface area (Å²) < 4.78 is 0. The molecule has 1 heterocycles. The Morgan fingerprint density at radius 3 is 2.52 bits per heavy atom. The summed E-state index contributed by atoms with van der Waals surface area (Å²) in [5.74, 6) is 0.839. The Hall–Kier alpha value is -2.21. The SMILES string of the molecule is CCCCSc1nc(-c2ccccc2Cl)c(C#N)c(N)c1C#N. The number of pyridine rings is 1. The lowest BCUT2D eigenvalue weighted by Crippen LogP contribution is -2.04. The Labute approximate surface area is 144 Å². The first-order valence-electron chi connectivity index (χ1n) is 7.15. The van der Waals surface area contributed by atoms with E-state index in [1.165, 1.54) is 11.8 Å². The van der Waals surface area contributed by atoms with E-state index >= 15 is 0 Å². The van der Waals surface area contributed by atoms with E-state index in [1.807, 2.05) is 12.1 Å². The van der Waals surface area contributed by atoms with Gasteiger partial charge in [-0.1, -0.05) is 43.1 Å². The summed E-state index contributed by atoms with van der Waals surface area (Å²) in [5, 5.41) is 19.9. The molecule has 23 heavy (non-hydrogen) atoms. The fraction of sp³-hybridized carbons (Fsp3) is 0.235. The van der Waals surface area contributed by atoms with Crippen LogP contribution in [0.25, 0.3) is 11.3 Å². The smallest absolute Gasteiger partial charge is 0.117 e. The third-order valence-electron chi connectivity index (χ3n) is 3.29. The molecule has 0 aliphatic carbocycles. The Morgan fingerprint density at radius 1 is 1.22 bits per heavy atom. The van der Waals surface area contributed by atoms with Gasteiger partial charge < -0.3 is 5.73 Å². The Kier molecular flexibility index (Phi) is 5.87. The maximum Gasteiger partial charge on any atom is 0.117 e. The highest BCUT2D eigenvalue weighted by atomic mass is 35.5. The van der Waals surface area contributed by atoms with Gasteiger partial charge in [0.2, 0.25) is 0 Å². The van der Waals surface area contributed by atoms with Crippen molar-refractivity contribution in [2.75, 3.05) is 11.5 Å². The molecule has 2 N–H and O–H groups in total. The molecule has 0 radical (unpaired) electrons. The van der Waals surface area contributed by atoms with Gasteiger partial charge >= 0.3 is 0 Å². The minimum Gasteiger partial charge on any atom is -0.396 e. The molecule has 0 spiro atoms. The van der Waals surface area contributed by atoms with Crippen molar-refractivity contribution in [3.63, 3.8) is 0 Å². The highest BCUT2D eigenvalue weighted by Crippen LogP contribution is 2.36. The van der Waals surface area contributed by atoms with Crippen molar-refractivity contribution >= 4 is 29.1 Å². The van der Waals surface area contributed by atoms with E-state index in [4.69, 9.17) is 17.3 Å². The highest BCUT2D eigenvalue weighted by Gasteiger charge is 2.20. The zero-order chi connectivity index (χ0) is 16.8. The number of rotatable bonds is 5. The molecule has 1 aromatic carbocycles. The maximum atomic E-state index is 9.45. The van der Waals surface area contributed by atoms with E-state index in [-0.39, 0.29) is 16.8 Å². The van der Waals surface area contributed by atoms with Gasteiger partial charge in [0.15, 0.2) is 0 Å². The van der Waals surface area contributed by atoms with E-state index in [0.717, 1.165) is 18.6 Å². The number of benzene rings is 1. The lowest BCUT2D eigenvalue weighted by atomic mass is 10.0. The predicted molar refractivity (Wildman–Crippen MR) is 94.2 cm³/mol. The largest absolute Gasteiger partial charge is 0.396 e. The van der Waals surface area contributed by atoms with Gasteiger partial charge in [-0.3, -0.25) is 0 Å². The van der Waals surface area contributed by atoms with Crippen LogP contribution in [0, 0.1) is 22.7 Å². The van der Waals surface area contributed by atoms with Gasteiger partial charge in [-0.2, -0.15) is 10.5 Å². The van der Waals surface area contributed by atoms with Gasteiger partial charge in [-0.05, 0) is 18.2 Å². The number of nitrogens with zero attached hydrogens (tertiary/aromatic N) is 3. The second-order valence-corrected chi connectivity index (χ2v) is 6.33. The molecular weight excluding hydrogens is 328 g/mol. The third kappa shape index (κ3) is 3.59. The van der Waals surface area contributed by atoms with E-state index in [0.29, 0.717) is 21.3 Å². The highest BCUT2D eigenvalue weighted by molar-refractivity contribution is 7.99. The first-order valence-corrected chi connectivity index (χ1v) is 8.51. The fourth-order valence-corrected chi connectivity index (χ4v) is 3.38. The molecule has 0 bridgehead atoms. The summed E-state index contributed by atoms with van der Waals surface area (Å²) in [6.45, 7) is 2.10. The summed E-state index contributed by atoms with van der Waals surface area (Å²) in [6, 6.07) is 11.3. The van der Waals surface area contributed by atoms with Gasteiger partial charge in [-0.15, -0.1) is 11.8 Å². The molecule has 0 saturated heterocycles. The van der Waals surface area contributed by atoms with E-state index < -0.39 is 0 Å². The zero-order valence-electron chi connectivity index (χ0n) is 12.6. The van der Waals surface area contributed by atoms with Crippen LogP contribution in [0.1, 0.15) is 30.9 Å². The molecule has 0 saturated carbocycles. The molecule has 1 aromatic heterocycles. The van der Waals surface area contributed by atoms with Gasteiger partial charge in [0.05, 0.1) is 16.4 Å². The van der Waals surface area contributed by atoms with Crippen LogP contribution in [0.4, 0.5) is 5.69 Å². The molecule has 6 heteroatoms. The number of unbranched alkanes of at least 4 members (excludes halogenated alkanes) is 1. The Balaban J connectivity index is 2.65. The molecule has 0 aliphatic heterocycles. The number of halogens is 1. The number of nitrogens with two attached hydrogens (primary N) is 1. The van der Waals surface area contributed by atoms with E-state index in [9.17, 15) is 10.5 Å². The van der Waals surface area contributed by atoms with E-state index in [2.05, 4.69) is 24.0 Å². The van der Waals surface area contributed by atoms with E-state index in [1.54, 1.807) is 12.1 Å². The summed E-state index contributed by atoms with van der Waals surface area (Å²) in [4.78, 5) is 4.53. The van der Waals surface area contributed by atoms with Crippen molar-refractivity contribution in [2.45, 2.75) is 24.8 Å². The number of nitriles is 2. The molecule has 116 valence electrons. The number of anilines is 1. The van der Waals surface area contributed by atoms with Crippen molar-refractivity contribution in [2.24, 2.45) is 0 Å². The van der Waals surface area contributed by atoms with Crippen LogP contribution in [0.5, 0.6) is 0 Å².